The molecule has 0 saturated carbocycles. The number of aldehydes is 1. The minimum absolute atomic E-state index is 0.0586. The second-order valence-electron chi connectivity index (χ2n) is 7.64. The zero-order valence-electron chi connectivity index (χ0n) is 18.8. The molecule has 5 heteroatoms. The zero-order chi connectivity index (χ0) is 22.9. The number of carbonyl (C=O) groups is 1. The fraction of sp³-hybridized carbons (Fsp3) is 0.296. The Labute approximate surface area is 190 Å². The maximum atomic E-state index is 11.8. The molecular formula is C27H28O5. The summed E-state index contributed by atoms with van der Waals surface area (Å²) in [5.74, 6) is 0. The van der Waals surface area contributed by atoms with Crippen molar-refractivity contribution in [2.45, 2.75) is 44.2 Å². The molecule has 3 aromatic rings. The lowest BCUT2D eigenvalue weighted by Crippen LogP contribution is -2.39. The molecule has 1 heterocycles. The summed E-state index contributed by atoms with van der Waals surface area (Å²) in [6.07, 6.45) is -3.37. The summed E-state index contributed by atoms with van der Waals surface area (Å²) in [6, 6.07) is 29.1. The van der Waals surface area contributed by atoms with Crippen molar-refractivity contribution in [2.75, 3.05) is 6.61 Å². The smallest absolute Gasteiger partial charge is 0.151 e. The van der Waals surface area contributed by atoms with Gasteiger partial charge in [0.15, 0.2) is 6.29 Å². The maximum absolute atomic E-state index is 11.8. The average Bonchev–Trinajstić information content (AvgIpc) is 3.14. The van der Waals surface area contributed by atoms with Crippen molar-refractivity contribution in [1.29, 1.82) is 0 Å². The molecule has 0 unspecified atom stereocenters. The van der Waals surface area contributed by atoms with Gasteiger partial charge in [-0.15, -0.1) is 0 Å². The van der Waals surface area contributed by atoms with E-state index in [-0.39, 0.29) is 19.8 Å². The molecule has 0 spiro atoms. The van der Waals surface area contributed by atoms with Gasteiger partial charge in [-0.2, -0.15) is 0 Å². The predicted molar refractivity (Wildman–Crippen MR) is 121 cm³/mol. The van der Waals surface area contributed by atoms with Gasteiger partial charge in [0, 0.05) is 0 Å². The Kier molecular flexibility index (Phi) is 7.69. The van der Waals surface area contributed by atoms with Gasteiger partial charge in [0.25, 0.3) is 0 Å². The van der Waals surface area contributed by atoms with Crippen molar-refractivity contribution in [3.63, 3.8) is 0 Å². The first-order chi connectivity index (χ1) is 16.2. The third kappa shape index (κ3) is 6.11. The molecule has 1 saturated heterocycles. The molecule has 32 heavy (non-hydrogen) atoms. The van der Waals surface area contributed by atoms with E-state index in [1.165, 1.54) is 0 Å². The molecule has 0 radical (unpaired) electrons. The molecule has 5 nitrogen and oxygen atoms in total. The molecular weight excluding hydrogens is 404 g/mol. The summed E-state index contributed by atoms with van der Waals surface area (Å²) in [5.41, 5.74) is 2.91. The second-order valence-corrected chi connectivity index (χ2v) is 7.64. The van der Waals surface area contributed by atoms with Crippen LogP contribution >= 0.6 is 0 Å². The molecule has 0 aliphatic carbocycles. The monoisotopic (exact) mass is 433 g/mol. The van der Waals surface area contributed by atoms with Crippen LogP contribution in [0.4, 0.5) is 0 Å². The van der Waals surface area contributed by atoms with Crippen molar-refractivity contribution >= 4 is 6.29 Å². The number of hydrogen-bond donors (Lipinski definition) is 0. The first kappa shape index (κ1) is 21.0. The summed E-state index contributed by atoms with van der Waals surface area (Å²) >= 11 is 0. The predicted octanol–water partition coefficient (Wildman–Crippen LogP) is 4.34. The first-order valence-electron chi connectivity index (χ1n) is 11.2. The van der Waals surface area contributed by atoms with Crippen molar-refractivity contribution < 1.29 is 25.1 Å². The third-order valence-corrected chi connectivity index (χ3v) is 5.27. The van der Waals surface area contributed by atoms with Gasteiger partial charge in [0.1, 0.15) is 24.4 Å². The highest BCUT2D eigenvalue weighted by molar-refractivity contribution is 5.58. The molecule has 4 atom stereocenters. The van der Waals surface area contributed by atoms with Crippen LogP contribution in [0.25, 0.3) is 0 Å². The molecule has 3 aromatic carbocycles. The summed E-state index contributed by atoms with van der Waals surface area (Å²) in [5, 5.41) is 0. The SMILES string of the molecule is [2H][C@@]1(COCc2ccccc2)O[C@@H](C=O)[C@@H](OCc2ccccc2)[C@@H]1OCc1ccccc1. The Balaban J connectivity index is 1.48. The average molecular weight is 434 g/mol. The fourth-order valence-electron chi connectivity index (χ4n) is 3.63. The third-order valence-electron chi connectivity index (χ3n) is 5.27. The van der Waals surface area contributed by atoms with Crippen molar-refractivity contribution in [3.8, 4) is 0 Å². The van der Waals surface area contributed by atoms with Gasteiger partial charge in [-0.05, 0) is 16.7 Å². The van der Waals surface area contributed by atoms with Crippen molar-refractivity contribution in [1.82, 2.24) is 0 Å². The molecule has 0 aromatic heterocycles. The Morgan fingerprint density at radius 3 is 1.69 bits per heavy atom. The minimum Gasteiger partial charge on any atom is -0.374 e. The zero-order valence-corrected chi connectivity index (χ0v) is 17.8. The van der Waals surface area contributed by atoms with E-state index in [0.717, 1.165) is 16.7 Å². The number of hydrogen-bond acceptors (Lipinski definition) is 5. The molecule has 1 aliphatic rings. The van der Waals surface area contributed by atoms with E-state index in [9.17, 15) is 4.79 Å². The largest absolute Gasteiger partial charge is 0.374 e. The van der Waals surface area contributed by atoms with Gasteiger partial charge in [0.2, 0.25) is 0 Å². The van der Waals surface area contributed by atoms with E-state index in [0.29, 0.717) is 12.9 Å². The van der Waals surface area contributed by atoms with Crippen molar-refractivity contribution in [3.05, 3.63) is 108 Å². The normalized spacial score (nSPS) is 25.4. The van der Waals surface area contributed by atoms with Gasteiger partial charge in [-0.1, -0.05) is 91.0 Å². The van der Waals surface area contributed by atoms with E-state index in [1.807, 2.05) is 91.0 Å². The Morgan fingerprint density at radius 1 is 0.719 bits per heavy atom. The van der Waals surface area contributed by atoms with E-state index in [4.69, 9.17) is 20.3 Å². The lowest BCUT2D eigenvalue weighted by atomic mass is 10.1. The molecule has 1 aliphatic heterocycles. The topological polar surface area (TPSA) is 54.0 Å². The number of ether oxygens (including phenoxy) is 4. The Hall–Kier alpha value is -2.83. The van der Waals surface area contributed by atoms with Crippen LogP contribution in [-0.2, 0) is 43.6 Å². The van der Waals surface area contributed by atoms with Gasteiger partial charge in [0.05, 0.1) is 27.8 Å². The molecule has 166 valence electrons. The van der Waals surface area contributed by atoms with Gasteiger partial charge in [-0.3, -0.25) is 0 Å². The lowest BCUT2D eigenvalue weighted by molar-refractivity contribution is -0.124. The van der Waals surface area contributed by atoms with Gasteiger partial charge >= 0.3 is 0 Å². The highest BCUT2D eigenvalue weighted by Gasteiger charge is 2.46. The number of benzene rings is 3. The number of rotatable bonds is 11. The summed E-state index contributed by atoms with van der Waals surface area (Å²) < 4.78 is 33.0. The van der Waals surface area contributed by atoms with Crippen LogP contribution < -0.4 is 0 Å². The summed E-state index contributed by atoms with van der Waals surface area (Å²) in [7, 11) is 0. The van der Waals surface area contributed by atoms with E-state index >= 15 is 0 Å². The van der Waals surface area contributed by atoms with Crippen LogP contribution in [0.5, 0.6) is 0 Å². The van der Waals surface area contributed by atoms with Crippen LogP contribution in [0.2, 0.25) is 0 Å². The van der Waals surface area contributed by atoms with Crippen LogP contribution in [0.1, 0.15) is 18.1 Å². The fourth-order valence-corrected chi connectivity index (χ4v) is 3.63. The highest BCUT2D eigenvalue weighted by atomic mass is 16.6. The molecule has 0 amide bonds. The summed E-state index contributed by atoms with van der Waals surface area (Å²) in [6.45, 7) is 0.824. The Bertz CT molecular complexity index is 985. The van der Waals surface area contributed by atoms with Crippen molar-refractivity contribution in [2.24, 2.45) is 0 Å². The minimum atomic E-state index is -1.59. The Morgan fingerprint density at radius 2 is 1.19 bits per heavy atom. The molecule has 1 fully saturated rings. The standard InChI is InChI=1S/C27H28O5/c28-16-24-26(30-18-22-12-6-2-7-13-22)27(31-19-23-14-8-3-9-15-23)25(32-24)20-29-17-21-10-4-1-5-11-21/h1-16,24-27H,17-20H2/t24-,25-,26+,27+/m0/s1/i25D. The van der Waals surface area contributed by atoms with E-state index in [2.05, 4.69) is 0 Å². The van der Waals surface area contributed by atoms with Crippen LogP contribution in [-0.4, -0.2) is 37.3 Å². The van der Waals surface area contributed by atoms with E-state index < -0.39 is 24.4 Å². The second kappa shape index (κ2) is 11.7. The van der Waals surface area contributed by atoms with Crippen LogP contribution in [0, 0.1) is 0 Å². The highest BCUT2D eigenvalue weighted by Crippen LogP contribution is 2.28. The molecule has 0 N–H and O–H groups in total. The van der Waals surface area contributed by atoms with Crippen LogP contribution in [0.15, 0.2) is 91.0 Å². The first-order valence-corrected chi connectivity index (χ1v) is 10.7. The molecule has 4 rings (SSSR count). The van der Waals surface area contributed by atoms with E-state index in [1.54, 1.807) is 0 Å². The molecule has 0 bridgehead atoms. The lowest BCUT2D eigenvalue weighted by Gasteiger charge is -2.24. The van der Waals surface area contributed by atoms with Gasteiger partial charge in [-0.25, -0.2) is 0 Å². The maximum Gasteiger partial charge on any atom is 0.151 e. The number of carbonyl (C=O) groups excluding carboxylic acids is 1. The summed E-state index contributed by atoms with van der Waals surface area (Å²) in [4.78, 5) is 11.8. The van der Waals surface area contributed by atoms with Gasteiger partial charge < -0.3 is 23.7 Å². The van der Waals surface area contributed by atoms with Crippen LogP contribution in [0.3, 0.4) is 0 Å². The quantitative estimate of drug-likeness (QED) is 0.421.